The summed E-state index contributed by atoms with van der Waals surface area (Å²) in [5.74, 6) is -0.628. The fourth-order valence-corrected chi connectivity index (χ4v) is 2.15. The van der Waals surface area contributed by atoms with Crippen LogP contribution in [0.25, 0.3) is 0 Å². The topological polar surface area (TPSA) is 49.3 Å². The molecule has 0 saturated heterocycles. The minimum Gasteiger partial charge on any atom is -0.508 e. The molecular formula is C14H11FINO2. The van der Waals surface area contributed by atoms with E-state index >= 15 is 0 Å². The van der Waals surface area contributed by atoms with Gasteiger partial charge in [-0.2, -0.15) is 0 Å². The Morgan fingerprint density at radius 2 is 2.00 bits per heavy atom. The van der Waals surface area contributed by atoms with Crippen molar-refractivity contribution in [2.45, 2.75) is 6.92 Å². The second kappa shape index (κ2) is 5.56. The molecule has 0 aromatic heterocycles. The van der Waals surface area contributed by atoms with Crippen LogP contribution < -0.4 is 5.32 Å². The zero-order chi connectivity index (χ0) is 14.0. The van der Waals surface area contributed by atoms with Crippen molar-refractivity contribution in [3.05, 3.63) is 56.9 Å². The fraction of sp³-hybridized carbons (Fsp3) is 0.0714. The third-order valence-corrected chi connectivity index (χ3v) is 3.54. The van der Waals surface area contributed by atoms with Crippen LogP contribution in [0.5, 0.6) is 5.75 Å². The molecule has 0 heterocycles. The number of phenols is 1. The highest BCUT2D eigenvalue weighted by molar-refractivity contribution is 14.1. The molecule has 0 atom stereocenters. The number of phenolic OH excluding ortho intramolecular Hbond substituents is 1. The summed E-state index contributed by atoms with van der Waals surface area (Å²) in [6, 6.07) is 8.82. The SMILES string of the molecule is Cc1ccc(C(=O)Nc2ccc(F)cc2I)cc1O. The van der Waals surface area contributed by atoms with E-state index in [4.69, 9.17) is 0 Å². The van der Waals surface area contributed by atoms with Crippen molar-refractivity contribution in [2.75, 3.05) is 5.32 Å². The van der Waals surface area contributed by atoms with Crippen LogP contribution in [0.1, 0.15) is 15.9 Å². The van der Waals surface area contributed by atoms with Crippen molar-refractivity contribution in [2.24, 2.45) is 0 Å². The molecule has 0 spiro atoms. The molecule has 19 heavy (non-hydrogen) atoms. The lowest BCUT2D eigenvalue weighted by molar-refractivity contribution is 0.102. The van der Waals surface area contributed by atoms with Crippen molar-refractivity contribution in [3.63, 3.8) is 0 Å². The lowest BCUT2D eigenvalue weighted by Gasteiger charge is -2.08. The molecule has 2 rings (SSSR count). The number of halogens is 2. The van der Waals surface area contributed by atoms with Gasteiger partial charge in [0, 0.05) is 9.13 Å². The van der Waals surface area contributed by atoms with Crippen molar-refractivity contribution < 1.29 is 14.3 Å². The molecule has 1 amide bonds. The Bertz CT molecular complexity index is 643. The number of hydrogen-bond acceptors (Lipinski definition) is 2. The first kappa shape index (κ1) is 13.8. The van der Waals surface area contributed by atoms with Gasteiger partial charge in [-0.1, -0.05) is 6.07 Å². The molecule has 0 bridgehead atoms. The fourth-order valence-electron chi connectivity index (χ4n) is 1.54. The van der Waals surface area contributed by atoms with E-state index in [0.717, 1.165) is 0 Å². The van der Waals surface area contributed by atoms with Crippen LogP contribution in [0.15, 0.2) is 36.4 Å². The van der Waals surface area contributed by atoms with E-state index in [0.29, 0.717) is 20.4 Å². The van der Waals surface area contributed by atoms with Crippen molar-refractivity contribution in [1.29, 1.82) is 0 Å². The van der Waals surface area contributed by atoms with Crippen LogP contribution in [0, 0.1) is 16.3 Å². The molecular weight excluding hydrogens is 360 g/mol. The maximum atomic E-state index is 13.0. The number of aromatic hydroxyl groups is 1. The van der Waals surface area contributed by atoms with E-state index in [-0.39, 0.29) is 17.5 Å². The van der Waals surface area contributed by atoms with Crippen molar-refractivity contribution >= 4 is 34.2 Å². The normalized spacial score (nSPS) is 10.3. The summed E-state index contributed by atoms with van der Waals surface area (Å²) in [5, 5.41) is 12.3. The minimum absolute atomic E-state index is 0.0708. The van der Waals surface area contributed by atoms with E-state index < -0.39 is 0 Å². The van der Waals surface area contributed by atoms with Crippen LogP contribution in [-0.2, 0) is 0 Å². The van der Waals surface area contributed by atoms with Gasteiger partial charge in [0.2, 0.25) is 0 Å². The Morgan fingerprint density at radius 3 is 2.63 bits per heavy atom. The van der Waals surface area contributed by atoms with Crippen LogP contribution in [-0.4, -0.2) is 11.0 Å². The third kappa shape index (κ3) is 3.23. The molecule has 98 valence electrons. The first-order valence-corrected chi connectivity index (χ1v) is 6.61. The molecule has 0 aliphatic rings. The Hall–Kier alpha value is -1.63. The largest absolute Gasteiger partial charge is 0.508 e. The summed E-state index contributed by atoms with van der Waals surface area (Å²) in [6.07, 6.45) is 0. The highest BCUT2D eigenvalue weighted by Crippen LogP contribution is 2.21. The van der Waals surface area contributed by atoms with Gasteiger partial charge in [-0.05, 0) is 65.4 Å². The number of rotatable bonds is 2. The van der Waals surface area contributed by atoms with Crippen LogP contribution in [0.4, 0.5) is 10.1 Å². The highest BCUT2D eigenvalue weighted by atomic mass is 127. The molecule has 2 aromatic carbocycles. The lowest BCUT2D eigenvalue weighted by atomic mass is 10.1. The van der Waals surface area contributed by atoms with Crippen LogP contribution >= 0.6 is 22.6 Å². The van der Waals surface area contributed by atoms with Gasteiger partial charge in [0.25, 0.3) is 5.91 Å². The average molecular weight is 371 g/mol. The first-order chi connectivity index (χ1) is 8.97. The number of carbonyl (C=O) groups is 1. The Labute approximate surface area is 123 Å². The quantitative estimate of drug-likeness (QED) is 0.792. The van der Waals surface area contributed by atoms with E-state index in [1.54, 1.807) is 19.1 Å². The predicted molar refractivity (Wildman–Crippen MR) is 79.9 cm³/mol. The smallest absolute Gasteiger partial charge is 0.255 e. The maximum Gasteiger partial charge on any atom is 0.255 e. The summed E-state index contributed by atoms with van der Waals surface area (Å²) in [6.45, 7) is 1.75. The van der Waals surface area contributed by atoms with E-state index in [2.05, 4.69) is 5.32 Å². The molecule has 0 unspecified atom stereocenters. The van der Waals surface area contributed by atoms with Crippen LogP contribution in [0.3, 0.4) is 0 Å². The summed E-state index contributed by atoms with van der Waals surface area (Å²) >= 11 is 1.95. The Kier molecular flexibility index (Phi) is 4.04. The van der Waals surface area contributed by atoms with Gasteiger partial charge >= 0.3 is 0 Å². The lowest BCUT2D eigenvalue weighted by Crippen LogP contribution is -2.12. The Morgan fingerprint density at radius 1 is 1.26 bits per heavy atom. The van der Waals surface area contributed by atoms with Crippen LogP contribution in [0.2, 0.25) is 0 Å². The monoisotopic (exact) mass is 371 g/mol. The molecule has 0 fully saturated rings. The zero-order valence-corrected chi connectivity index (χ0v) is 12.2. The number of benzene rings is 2. The molecule has 0 saturated carbocycles. The first-order valence-electron chi connectivity index (χ1n) is 5.53. The van der Waals surface area contributed by atoms with E-state index in [1.165, 1.54) is 24.3 Å². The number of anilines is 1. The molecule has 0 aliphatic heterocycles. The van der Waals surface area contributed by atoms with E-state index in [1.807, 2.05) is 22.6 Å². The summed E-state index contributed by atoms with van der Waals surface area (Å²) < 4.78 is 13.6. The van der Waals surface area contributed by atoms with Gasteiger partial charge in [0.1, 0.15) is 11.6 Å². The summed E-state index contributed by atoms with van der Waals surface area (Å²) in [7, 11) is 0. The molecule has 2 aromatic rings. The number of hydrogen-bond donors (Lipinski definition) is 2. The average Bonchev–Trinajstić information content (AvgIpc) is 2.36. The minimum atomic E-state index is -0.352. The van der Waals surface area contributed by atoms with Gasteiger partial charge in [-0.15, -0.1) is 0 Å². The standard InChI is InChI=1S/C14H11FINO2/c1-8-2-3-9(6-13(8)18)14(19)17-12-5-4-10(15)7-11(12)16/h2-7,18H,1H3,(H,17,19). The Balaban J connectivity index is 2.23. The number of aryl methyl sites for hydroxylation is 1. The number of amides is 1. The predicted octanol–water partition coefficient (Wildman–Crippen LogP) is 3.70. The zero-order valence-electron chi connectivity index (χ0n) is 10.1. The van der Waals surface area contributed by atoms with Crippen molar-refractivity contribution in [3.8, 4) is 5.75 Å². The second-order valence-corrected chi connectivity index (χ2v) is 5.24. The third-order valence-electron chi connectivity index (χ3n) is 2.65. The van der Waals surface area contributed by atoms with Gasteiger partial charge in [0.05, 0.1) is 5.69 Å². The molecule has 5 heteroatoms. The molecule has 0 aliphatic carbocycles. The molecule has 3 nitrogen and oxygen atoms in total. The number of carbonyl (C=O) groups excluding carboxylic acids is 1. The van der Waals surface area contributed by atoms with Gasteiger partial charge in [-0.3, -0.25) is 4.79 Å². The highest BCUT2D eigenvalue weighted by Gasteiger charge is 2.10. The second-order valence-electron chi connectivity index (χ2n) is 4.08. The van der Waals surface area contributed by atoms with Gasteiger partial charge < -0.3 is 10.4 Å². The molecule has 2 N–H and O–H groups in total. The summed E-state index contributed by atoms with van der Waals surface area (Å²) in [5.41, 5.74) is 1.59. The number of nitrogens with one attached hydrogen (secondary N) is 1. The van der Waals surface area contributed by atoms with Gasteiger partial charge in [0.15, 0.2) is 0 Å². The molecule has 0 radical (unpaired) electrons. The van der Waals surface area contributed by atoms with Crippen molar-refractivity contribution in [1.82, 2.24) is 0 Å². The maximum absolute atomic E-state index is 13.0. The van der Waals surface area contributed by atoms with E-state index in [9.17, 15) is 14.3 Å². The van der Waals surface area contributed by atoms with Gasteiger partial charge in [-0.25, -0.2) is 4.39 Å². The summed E-state index contributed by atoms with van der Waals surface area (Å²) in [4.78, 5) is 12.0.